The molecule has 1 aliphatic carbocycles. The summed E-state index contributed by atoms with van der Waals surface area (Å²) in [5.41, 5.74) is 12.7. The van der Waals surface area contributed by atoms with Crippen LogP contribution in [-0.4, -0.2) is 49.0 Å². The number of hydrogen-bond donors (Lipinski definition) is 2. The van der Waals surface area contributed by atoms with Crippen molar-refractivity contribution in [3.8, 4) is 0 Å². The largest absolute Gasteiger partial charge is 0.370 e. The second-order valence-electron chi connectivity index (χ2n) is 8.73. The van der Waals surface area contributed by atoms with Crippen molar-refractivity contribution in [2.45, 2.75) is 45.2 Å². The number of guanidine groups is 1. The van der Waals surface area contributed by atoms with Crippen LogP contribution >= 0.6 is 24.0 Å². The number of hydrogen-bond acceptors (Lipinski definition) is 3. The van der Waals surface area contributed by atoms with Crippen LogP contribution in [0.15, 0.2) is 47.5 Å². The van der Waals surface area contributed by atoms with Gasteiger partial charge in [-0.25, -0.2) is 4.99 Å². The van der Waals surface area contributed by atoms with Crippen molar-refractivity contribution in [2.24, 2.45) is 10.7 Å². The maximum Gasteiger partial charge on any atom is 0.193 e. The van der Waals surface area contributed by atoms with Crippen LogP contribution in [0.2, 0.25) is 0 Å². The Morgan fingerprint density at radius 3 is 2.55 bits per heavy atom. The number of halogens is 1. The summed E-state index contributed by atoms with van der Waals surface area (Å²) in [5.74, 6) is 0.492. The topological polar surface area (TPSA) is 56.9 Å². The predicted octanol–water partition coefficient (Wildman–Crippen LogP) is 4.25. The summed E-state index contributed by atoms with van der Waals surface area (Å²) in [4.78, 5) is 9.55. The number of benzene rings is 2. The lowest BCUT2D eigenvalue weighted by Gasteiger charge is -2.20. The second kappa shape index (κ2) is 11.8. The lowest BCUT2D eigenvalue weighted by molar-refractivity contribution is 0.269. The Hall–Kier alpha value is -1.64. The zero-order valence-corrected chi connectivity index (χ0v) is 21.0. The van der Waals surface area contributed by atoms with Gasteiger partial charge in [-0.1, -0.05) is 36.4 Å². The molecule has 2 aliphatic rings. The molecule has 1 saturated heterocycles. The van der Waals surface area contributed by atoms with E-state index in [-0.39, 0.29) is 24.0 Å². The van der Waals surface area contributed by atoms with Crippen LogP contribution in [0.1, 0.15) is 41.5 Å². The molecule has 0 amide bonds. The van der Waals surface area contributed by atoms with E-state index in [0.29, 0.717) is 12.5 Å². The zero-order chi connectivity index (χ0) is 20.8. The van der Waals surface area contributed by atoms with Crippen LogP contribution in [0.25, 0.3) is 0 Å². The minimum atomic E-state index is 0. The van der Waals surface area contributed by atoms with Crippen molar-refractivity contribution in [3.63, 3.8) is 0 Å². The molecule has 0 radical (unpaired) electrons. The molecule has 1 aliphatic heterocycles. The number of nitrogens with one attached hydrogen (secondary N) is 1. The highest BCUT2D eigenvalue weighted by molar-refractivity contribution is 14.0. The van der Waals surface area contributed by atoms with Gasteiger partial charge in [-0.2, -0.15) is 0 Å². The minimum absolute atomic E-state index is 0. The average molecular weight is 534 g/mol. The highest BCUT2D eigenvalue weighted by atomic mass is 127. The molecular formula is C25H36IN5. The number of rotatable bonds is 5. The fourth-order valence-electron chi connectivity index (χ4n) is 4.52. The molecule has 3 N–H and O–H groups in total. The summed E-state index contributed by atoms with van der Waals surface area (Å²) in [6.07, 6.45) is 6.08. The molecule has 168 valence electrons. The van der Waals surface area contributed by atoms with E-state index < -0.39 is 0 Å². The molecule has 31 heavy (non-hydrogen) atoms. The zero-order valence-electron chi connectivity index (χ0n) is 18.6. The van der Waals surface area contributed by atoms with Crippen molar-refractivity contribution in [1.82, 2.24) is 9.80 Å². The lowest BCUT2D eigenvalue weighted by Crippen LogP contribution is -2.28. The van der Waals surface area contributed by atoms with Crippen molar-refractivity contribution < 1.29 is 0 Å². The van der Waals surface area contributed by atoms with Gasteiger partial charge in [0.25, 0.3) is 0 Å². The number of anilines is 1. The Kier molecular flexibility index (Phi) is 9.16. The Labute approximate surface area is 204 Å². The van der Waals surface area contributed by atoms with Gasteiger partial charge in [0, 0.05) is 25.3 Å². The third-order valence-electron chi connectivity index (χ3n) is 6.33. The van der Waals surface area contributed by atoms with E-state index in [1.807, 2.05) is 0 Å². The third-order valence-corrected chi connectivity index (χ3v) is 6.33. The highest BCUT2D eigenvalue weighted by Gasteiger charge is 2.14. The van der Waals surface area contributed by atoms with Gasteiger partial charge < -0.3 is 16.0 Å². The van der Waals surface area contributed by atoms with Gasteiger partial charge in [-0.15, -0.1) is 24.0 Å². The second-order valence-corrected chi connectivity index (χ2v) is 8.73. The quantitative estimate of drug-likeness (QED) is 0.343. The molecule has 0 aromatic heterocycles. The normalized spacial score (nSPS) is 18.0. The standard InChI is InChI=1S/C25H35N5.HI/c1-29-14-5-15-30(17-16-29)19-21-12-10-20(11-13-21)18-27-25(26)28-24-9-4-7-22-6-2-3-8-23(22)24;/h4,7,9-13H,2-3,5-6,8,14-19H2,1H3,(H3,26,27,28);1H. The van der Waals surface area contributed by atoms with E-state index in [2.05, 4.69) is 69.6 Å². The van der Waals surface area contributed by atoms with Gasteiger partial charge in [0.05, 0.1) is 6.54 Å². The highest BCUT2D eigenvalue weighted by Crippen LogP contribution is 2.27. The molecule has 2 aromatic rings. The number of likely N-dealkylation sites (N-methyl/N-ethyl adjacent to an activating group) is 1. The third kappa shape index (κ3) is 6.92. The molecule has 0 unspecified atom stereocenters. The molecule has 5 nitrogen and oxygen atoms in total. The van der Waals surface area contributed by atoms with Crippen LogP contribution in [0.4, 0.5) is 5.69 Å². The maximum absolute atomic E-state index is 6.19. The van der Waals surface area contributed by atoms with Crippen molar-refractivity contribution in [3.05, 3.63) is 64.7 Å². The Morgan fingerprint density at radius 1 is 0.935 bits per heavy atom. The smallest absolute Gasteiger partial charge is 0.193 e. The van der Waals surface area contributed by atoms with Crippen LogP contribution in [0.5, 0.6) is 0 Å². The molecule has 0 saturated carbocycles. The lowest BCUT2D eigenvalue weighted by atomic mass is 9.90. The van der Waals surface area contributed by atoms with E-state index >= 15 is 0 Å². The van der Waals surface area contributed by atoms with Gasteiger partial charge in [-0.05, 0) is 80.6 Å². The van der Waals surface area contributed by atoms with E-state index in [1.54, 1.807) is 0 Å². The number of nitrogens with two attached hydrogens (primary N) is 1. The number of aryl methyl sites for hydroxylation is 1. The minimum Gasteiger partial charge on any atom is -0.370 e. The van der Waals surface area contributed by atoms with Gasteiger partial charge >= 0.3 is 0 Å². The fraction of sp³-hybridized carbons (Fsp3) is 0.480. The summed E-state index contributed by atoms with van der Waals surface area (Å²) >= 11 is 0. The van der Waals surface area contributed by atoms with Crippen LogP contribution in [0.3, 0.4) is 0 Å². The number of fused-ring (bicyclic) bond motifs is 1. The van der Waals surface area contributed by atoms with Crippen molar-refractivity contribution >= 4 is 35.6 Å². The molecular weight excluding hydrogens is 497 g/mol. The molecule has 1 fully saturated rings. The average Bonchev–Trinajstić information content (AvgIpc) is 2.97. The van der Waals surface area contributed by atoms with Gasteiger partial charge in [0.2, 0.25) is 0 Å². The van der Waals surface area contributed by atoms with Crippen molar-refractivity contribution in [1.29, 1.82) is 0 Å². The van der Waals surface area contributed by atoms with E-state index in [9.17, 15) is 0 Å². The SMILES string of the molecule is CN1CCCN(Cc2ccc(CN=C(N)Nc3cccc4c3CCCC4)cc2)CC1.I. The van der Waals surface area contributed by atoms with Crippen molar-refractivity contribution in [2.75, 3.05) is 38.5 Å². The van der Waals surface area contributed by atoms with E-state index in [4.69, 9.17) is 5.73 Å². The fourth-order valence-corrected chi connectivity index (χ4v) is 4.52. The van der Waals surface area contributed by atoms with E-state index in [1.165, 1.54) is 61.0 Å². The van der Waals surface area contributed by atoms with Crippen LogP contribution < -0.4 is 11.1 Å². The summed E-state index contributed by atoms with van der Waals surface area (Å²) in [6, 6.07) is 15.3. The molecule has 0 bridgehead atoms. The Balaban J connectivity index is 0.00000272. The molecule has 0 spiro atoms. The summed E-state index contributed by atoms with van der Waals surface area (Å²) in [6.45, 7) is 6.32. The van der Waals surface area contributed by atoms with E-state index in [0.717, 1.165) is 31.7 Å². The first-order valence-electron chi connectivity index (χ1n) is 11.3. The Morgan fingerprint density at radius 2 is 1.71 bits per heavy atom. The number of aliphatic imine (C=N–C) groups is 1. The Bertz CT molecular complexity index is 865. The van der Waals surface area contributed by atoms with Gasteiger partial charge in [0.15, 0.2) is 5.96 Å². The molecule has 1 heterocycles. The summed E-state index contributed by atoms with van der Waals surface area (Å²) in [5, 5.41) is 3.33. The van der Waals surface area contributed by atoms with Crippen LogP contribution in [0, 0.1) is 0 Å². The molecule has 0 atom stereocenters. The number of nitrogens with zero attached hydrogens (tertiary/aromatic N) is 3. The molecule has 6 heteroatoms. The summed E-state index contributed by atoms with van der Waals surface area (Å²) < 4.78 is 0. The monoisotopic (exact) mass is 533 g/mol. The van der Waals surface area contributed by atoms with Gasteiger partial charge in [0.1, 0.15) is 0 Å². The molecule has 4 rings (SSSR count). The predicted molar refractivity (Wildman–Crippen MR) is 141 cm³/mol. The first kappa shape index (κ1) is 24.0. The summed E-state index contributed by atoms with van der Waals surface area (Å²) in [7, 11) is 2.21. The van der Waals surface area contributed by atoms with Gasteiger partial charge in [-0.3, -0.25) is 4.90 Å². The first-order valence-corrected chi connectivity index (χ1v) is 11.3. The maximum atomic E-state index is 6.19. The van der Waals surface area contributed by atoms with Crippen LogP contribution in [-0.2, 0) is 25.9 Å². The molecule has 2 aromatic carbocycles. The first-order chi connectivity index (χ1) is 14.7.